The summed E-state index contributed by atoms with van der Waals surface area (Å²) in [5.41, 5.74) is 4.36. The summed E-state index contributed by atoms with van der Waals surface area (Å²) in [5, 5.41) is 5.11. The van der Waals surface area contributed by atoms with E-state index in [4.69, 9.17) is 0 Å². The molecule has 0 unspecified atom stereocenters. The van der Waals surface area contributed by atoms with Crippen molar-refractivity contribution in [2.45, 2.75) is 12.6 Å². The van der Waals surface area contributed by atoms with Crippen molar-refractivity contribution >= 4 is 17.3 Å². The van der Waals surface area contributed by atoms with Gasteiger partial charge in [0.2, 0.25) is 5.95 Å². The molecule has 0 aliphatic carbocycles. The van der Waals surface area contributed by atoms with E-state index in [2.05, 4.69) is 25.0 Å². The van der Waals surface area contributed by atoms with Gasteiger partial charge in [0.1, 0.15) is 5.75 Å². The minimum Gasteiger partial charge on any atom is -0.484 e. The van der Waals surface area contributed by atoms with E-state index in [1.165, 1.54) is 12.1 Å². The number of benzene rings is 1. The van der Waals surface area contributed by atoms with Gasteiger partial charge in [-0.05, 0) is 17.7 Å². The van der Waals surface area contributed by atoms with Gasteiger partial charge in [0.05, 0.1) is 11.2 Å². The Morgan fingerprint density at radius 2 is 1.73 bits per heavy atom. The summed E-state index contributed by atoms with van der Waals surface area (Å²) in [6, 6.07) is 6.31. The minimum atomic E-state index is -4.35. The minimum absolute atomic E-state index is 0.160. The van der Waals surface area contributed by atoms with Gasteiger partial charge < -0.3 is 10.1 Å². The Morgan fingerprint density at radius 3 is 2.35 bits per heavy atom. The molecule has 1 aromatic carbocycles. The van der Waals surface area contributed by atoms with E-state index in [0.29, 0.717) is 12.5 Å². The van der Waals surface area contributed by atoms with E-state index in [-0.39, 0.29) is 5.75 Å². The Morgan fingerprint density at radius 1 is 1.00 bits per heavy atom. The van der Waals surface area contributed by atoms with Crippen LogP contribution >= 0.6 is 11.3 Å². The van der Waals surface area contributed by atoms with E-state index in [0.717, 1.165) is 23.2 Å². The van der Waals surface area contributed by atoms with Crippen LogP contribution in [0.3, 0.4) is 0 Å². The smallest absolute Gasteiger partial charge is 0.422 e. The summed E-state index contributed by atoms with van der Waals surface area (Å²) >= 11 is 1.56. The lowest BCUT2D eigenvalue weighted by Gasteiger charge is -2.09. The molecule has 0 amide bonds. The van der Waals surface area contributed by atoms with Crippen LogP contribution in [0.1, 0.15) is 5.69 Å². The van der Waals surface area contributed by atoms with Crippen LogP contribution in [0.15, 0.2) is 47.5 Å². The Hall–Kier alpha value is -2.68. The number of anilines is 1. The lowest BCUT2D eigenvalue weighted by atomic mass is 10.1. The molecule has 2 heterocycles. The third-order valence-electron chi connectivity index (χ3n) is 3.39. The highest BCUT2D eigenvalue weighted by Crippen LogP contribution is 2.23. The molecular formula is C17H15F3N4OS. The van der Waals surface area contributed by atoms with Gasteiger partial charge in [-0.2, -0.15) is 13.2 Å². The molecule has 9 heteroatoms. The second-order valence-corrected chi connectivity index (χ2v) is 6.10. The average molecular weight is 380 g/mol. The van der Waals surface area contributed by atoms with Gasteiger partial charge in [0.15, 0.2) is 6.61 Å². The van der Waals surface area contributed by atoms with Gasteiger partial charge in [-0.15, -0.1) is 11.3 Å². The van der Waals surface area contributed by atoms with Gasteiger partial charge in [-0.1, -0.05) is 12.1 Å². The maximum Gasteiger partial charge on any atom is 0.422 e. The van der Waals surface area contributed by atoms with Gasteiger partial charge in [-0.3, -0.25) is 0 Å². The first-order chi connectivity index (χ1) is 12.5. The standard InChI is InChI=1S/C17H15F3N4OS/c18-17(19,20)10-25-15-3-1-12(2-4-15)13-7-22-16(23-8-13)21-6-5-14-9-26-11-24-14/h1-4,7-9,11H,5-6,10H2,(H,21,22,23). The zero-order valence-corrected chi connectivity index (χ0v) is 14.3. The molecule has 3 aromatic rings. The summed E-state index contributed by atoms with van der Waals surface area (Å²) in [5.74, 6) is 0.668. The normalized spacial score (nSPS) is 11.3. The van der Waals surface area contributed by atoms with Crippen LogP contribution in [-0.2, 0) is 6.42 Å². The number of aromatic nitrogens is 3. The highest BCUT2D eigenvalue weighted by molar-refractivity contribution is 7.07. The first-order valence-electron chi connectivity index (χ1n) is 7.72. The summed E-state index contributed by atoms with van der Waals surface area (Å²) < 4.78 is 41.1. The van der Waals surface area contributed by atoms with Crippen molar-refractivity contribution in [3.63, 3.8) is 0 Å². The average Bonchev–Trinajstić information content (AvgIpc) is 3.14. The van der Waals surface area contributed by atoms with Gasteiger partial charge >= 0.3 is 6.18 Å². The number of halogens is 3. The van der Waals surface area contributed by atoms with Crippen LogP contribution in [-0.4, -0.2) is 34.3 Å². The van der Waals surface area contributed by atoms with Crippen molar-refractivity contribution in [2.75, 3.05) is 18.5 Å². The number of hydrogen-bond donors (Lipinski definition) is 1. The van der Waals surface area contributed by atoms with E-state index in [1.54, 1.807) is 41.4 Å². The summed E-state index contributed by atoms with van der Waals surface area (Å²) in [7, 11) is 0. The molecule has 1 N–H and O–H groups in total. The molecule has 0 fully saturated rings. The molecule has 136 valence electrons. The SMILES string of the molecule is FC(F)(F)COc1ccc(-c2cnc(NCCc3cscn3)nc2)cc1. The fraction of sp³-hybridized carbons (Fsp3) is 0.235. The fourth-order valence-corrected chi connectivity index (χ4v) is 2.73. The van der Waals surface area contributed by atoms with Crippen LogP contribution in [0.4, 0.5) is 19.1 Å². The number of alkyl halides is 3. The number of rotatable bonds is 7. The predicted octanol–water partition coefficient (Wildman–Crippen LogP) is 4.20. The van der Waals surface area contributed by atoms with Crippen molar-refractivity contribution in [1.29, 1.82) is 0 Å². The number of thiazole rings is 1. The van der Waals surface area contributed by atoms with Crippen molar-refractivity contribution in [3.8, 4) is 16.9 Å². The van der Waals surface area contributed by atoms with Crippen LogP contribution in [0.5, 0.6) is 5.75 Å². The Bertz CT molecular complexity index is 806. The summed E-state index contributed by atoms with van der Waals surface area (Å²) in [6.45, 7) is -0.634. The molecule has 0 saturated carbocycles. The molecule has 0 bridgehead atoms. The number of nitrogens with zero attached hydrogens (tertiary/aromatic N) is 3. The Kier molecular flexibility index (Phi) is 5.67. The first kappa shape index (κ1) is 18.1. The molecular weight excluding hydrogens is 365 g/mol. The van der Waals surface area contributed by atoms with Crippen LogP contribution in [0.2, 0.25) is 0 Å². The van der Waals surface area contributed by atoms with Crippen molar-refractivity contribution in [1.82, 2.24) is 15.0 Å². The molecule has 26 heavy (non-hydrogen) atoms. The molecule has 2 aromatic heterocycles. The maximum absolute atomic E-state index is 12.1. The van der Waals surface area contributed by atoms with Crippen LogP contribution < -0.4 is 10.1 Å². The maximum atomic E-state index is 12.1. The Labute approximate surface area is 151 Å². The zero-order valence-electron chi connectivity index (χ0n) is 13.5. The van der Waals surface area contributed by atoms with Crippen molar-refractivity contribution in [3.05, 3.63) is 53.2 Å². The third kappa shape index (κ3) is 5.41. The highest BCUT2D eigenvalue weighted by atomic mass is 32.1. The van der Waals surface area contributed by atoms with E-state index >= 15 is 0 Å². The predicted molar refractivity (Wildman–Crippen MR) is 93.3 cm³/mol. The lowest BCUT2D eigenvalue weighted by molar-refractivity contribution is -0.153. The third-order valence-corrected chi connectivity index (χ3v) is 4.02. The summed E-state index contributed by atoms with van der Waals surface area (Å²) in [4.78, 5) is 12.7. The summed E-state index contributed by atoms with van der Waals surface area (Å²) in [6.07, 6.45) is -0.254. The zero-order chi connectivity index (χ0) is 18.4. The fourth-order valence-electron chi connectivity index (χ4n) is 2.14. The topological polar surface area (TPSA) is 59.9 Å². The lowest BCUT2D eigenvalue weighted by Crippen LogP contribution is -2.19. The van der Waals surface area contributed by atoms with Crippen molar-refractivity contribution < 1.29 is 17.9 Å². The van der Waals surface area contributed by atoms with Gasteiger partial charge in [-0.25, -0.2) is 15.0 Å². The molecule has 0 aliphatic heterocycles. The van der Waals surface area contributed by atoms with E-state index in [9.17, 15) is 13.2 Å². The molecule has 3 rings (SSSR count). The molecule has 0 saturated heterocycles. The number of hydrogen-bond acceptors (Lipinski definition) is 6. The number of ether oxygens (including phenoxy) is 1. The quantitative estimate of drug-likeness (QED) is 0.666. The van der Waals surface area contributed by atoms with Crippen molar-refractivity contribution in [2.24, 2.45) is 0 Å². The van der Waals surface area contributed by atoms with Gasteiger partial charge in [0, 0.05) is 36.3 Å². The largest absolute Gasteiger partial charge is 0.484 e. The van der Waals surface area contributed by atoms with Crippen LogP contribution in [0.25, 0.3) is 11.1 Å². The highest BCUT2D eigenvalue weighted by Gasteiger charge is 2.28. The molecule has 0 spiro atoms. The van der Waals surface area contributed by atoms with E-state index in [1.807, 2.05) is 5.38 Å². The van der Waals surface area contributed by atoms with Crippen LogP contribution in [0, 0.1) is 0 Å². The Balaban J connectivity index is 1.54. The van der Waals surface area contributed by atoms with E-state index < -0.39 is 12.8 Å². The van der Waals surface area contributed by atoms with Gasteiger partial charge in [0.25, 0.3) is 0 Å². The second kappa shape index (κ2) is 8.13. The number of nitrogens with one attached hydrogen (secondary N) is 1. The molecule has 0 atom stereocenters. The molecule has 0 aliphatic rings. The molecule has 0 radical (unpaired) electrons. The second-order valence-electron chi connectivity index (χ2n) is 5.38. The monoisotopic (exact) mass is 380 g/mol. The molecule has 5 nitrogen and oxygen atoms in total. The first-order valence-corrected chi connectivity index (χ1v) is 8.67.